The van der Waals surface area contributed by atoms with Gasteiger partial charge in [0.15, 0.2) is 12.4 Å². The second-order valence-corrected chi connectivity index (χ2v) is 6.08. The lowest BCUT2D eigenvalue weighted by atomic mass is 10.0. The zero-order valence-corrected chi connectivity index (χ0v) is 13.8. The largest absolute Gasteiger partial charge is 0.484 e. The molecule has 4 heteroatoms. The molecule has 0 bridgehead atoms. The van der Waals surface area contributed by atoms with Crippen molar-refractivity contribution in [3.05, 3.63) is 65.7 Å². The number of benzene rings is 2. The van der Waals surface area contributed by atoms with Crippen LogP contribution in [0, 0.1) is 6.92 Å². The van der Waals surface area contributed by atoms with Crippen LogP contribution in [0.4, 0.5) is 0 Å². The fourth-order valence-corrected chi connectivity index (χ4v) is 3.00. The standard InChI is InChI=1S/C20H21NO3/c1-15-9-11-17(12-10-15)24-14-19(22)21-13-5-8-18(21)20(23)16-6-3-2-4-7-16/h2-4,6-7,9-12,18H,5,8,13-14H2,1H3. The SMILES string of the molecule is Cc1ccc(OCC(=O)N2CCCC2C(=O)c2ccccc2)cc1. The molecule has 1 aliphatic heterocycles. The van der Waals surface area contributed by atoms with Crippen molar-refractivity contribution >= 4 is 11.7 Å². The fourth-order valence-electron chi connectivity index (χ4n) is 3.00. The highest BCUT2D eigenvalue weighted by Gasteiger charge is 2.34. The second-order valence-electron chi connectivity index (χ2n) is 6.08. The summed E-state index contributed by atoms with van der Waals surface area (Å²) in [6.07, 6.45) is 1.56. The van der Waals surface area contributed by atoms with Crippen LogP contribution in [0.25, 0.3) is 0 Å². The van der Waals surface area contributed by atoms with Crippen molar-refractivity contribution in [2.24, 2.45) is 0 Å². The molecule has 1 unspecified atom stereocenters. The molecule has 1 amide bonds. The summed E-state index contributed by atoms with van der Waals surface area (Å²) in [4.78, 5) is 26.8. The number of Topliss-reactive ketones (excluding diaryl/α,β-unsaturated/α-hetero) is 1. The van der Waals surface area contributed by atoms with Gasteiger partial charge in [-0.2, -0.15) is 0 Å². The molecule has 124 valence electrons. The second kappa shape index (κ2) is 7.30. The van der Waals surface area contributed by atoms with Gasteiger partial charge in [-0.1, -0.05) is 48.0 Å². The first kappa shape index (κ1) is 16.2. The van der Waals surface area contributed by atoms with Gasteiger partial charge in [-0.15, -0.1) is 0 Å². The Balaban J connectivity index is 1.63. The molecule has 3 rings (SSSR count). The normalized spacial score (nSPS) is 16.9. The summed E-state index contributed by atoms with van der Waals surface area (Å²) in [5.74, 6) is 0.540. The highest BCUT2D eigenvalue weighted by atomic mass is 16.5. The third-order valence-electron chi connectivity index (χ3n) is 4.32. The van der Waals surface area contributed by atoms with Crippen LogP contribution in [-0.2, 0) is 4.79 Å². The average molecular weight is 323 g/mol. The van der Waals surface area contributed by atoms with E-state index < -0.39 is 0 Å². The molecule has 0 N–H and O–H groups in total. The summed E-state index contributed by atoms with van der Waals surface area (Å²) < 4.78 is 5.57. The number of hydrogen-bond acceptors (Lipinski definition) is 3. The van der Waals surface area contributed by atoms with Gasteiger partial charge in [0.1, 0.15) is 5.75 Å². The van der Waals surface area contributed by atoms with Crippen molar-refractivity contribution in [2.75, 3.05) is 13.2 Å². The van der Waals surface area contributed by atoms with E-state index in [4.69, 9.17) is 4.74 Å². The van der Waals surface area contributed by atoms with Gasteiger partial charge in [-0.25, -0.2) is 0 Å². The van der Waals surface area contributed by atoms with Crippen LogP contribution in [0.3, 0.4) is 0 Å². The molecule has 1 fully saturated rings. The summed E-state index contributed by atoms with van der Waals surface area (Å²) in [6, 6.07) is 16.4. The Morgan fingerprint density at radius 3 is 2.50 bits per heavy atom. The maximum atomic E-state index is 12.6. The van der Waals surface area contributed by atoms with Crippen LogP contribution >= 0.6 is 0 Å². The zero-order valence-electron chi connectivity index (χ0n) is 13.8. The van der Waals surface area contributed by atoms with Gasteiger partial charge in [0.25, 0.3) is 5.91 Å². The van der Waals surface area contributed by atoms with Crippen molar-refractivity contribution in [3.8, 4) is 5.75 Å². The molecule has 1 heterocycles. The quantitative estimate of drug-likeness (QED) is 0.794. The van der Waals surface area contributed by atoms with Gasteiger partial charge in [-0.3, -0.25) is 9.59 Å². The Morgan fingerprint density at radius 1 is 1.08 bits per heavy atom. The summed E-state index contributed by atoms with van der Waals surface area (Å²) in [5.41, 5.74) is 1.79. The van der Waals surface area contributed by atoms with Crippen LogP contribution in [0.2, 0.25) is 0 Å². The lowest BCUT2D eigenvalue weighted by Gasteiger charge is -2.23. The number of carbonyl (C=O) groups excluding carboxylic acids is 2. The summed E-state index contributed by atoms with van der Waals surface area (Å²) in [5, 5.41) is 0. The number of carbonyl (C=O) groups is 2. The predicted octanol–water partition coefficient (Wildman–Crippen LogP) is 3.25. The van der Waals surface area contributed by atoms with E-state index in [1.165, 1.54) is 0 Å². The lowest BCUT2D eigenvalue weighted by Crippen LogP contribution is -2.42. The number of amides is 1. The van der Waals surface area contributed by atoms with E-state index in [1.807, 2.05) is 49.4 Å². The molecule has 1 aliphatic rings. The molecule has 0 spiro atoms. The molecule has 0 radical (unpaired) electrons. The first-order valence-electron chi connectivity index (χ1n) is 8.23. The lowest BCUT2D eigenvalue weighted by molar-refractivity contribution is -0.133. The van der Waals surface area contributed by atoms with Crippen molar-refractivity contribution in [3.63, 3.8) is 0 Å². The molecule has 2 aromatic carbocycles. The van der Waals surface area contributed by atoms with E-state index in [9.17, 15) is 9.59 Å². The van der Waals surface area contributed by atoms with E-state index in [-0.39, 0.29) is 24.3 Å². The first-order valence-corrected chi connectivity index (χ1v) is 8.23. The third kappa shape index (κ3) is 3.65. The summed E-state index contributed by atoms with van der Waals surface area (Å²) in [7, 11) is 0. The highest BCUT2D eigenvalue weighted by Crippen LogP contribution is 2.22. The van der Waals surface area contributed by atoms with Gasteiger partial charge < -0.3 is 9.64 Å². The van der Waals surface area contributed by atoms with Crippen molar-refractivity contribution in [1.29, 1.82) is 0 Å². The van der Waals surface area contributed by atoms with E-state index in [2.05, 4.69) is 0 Å². The fraction of sp³-hybridized carbons (Fsp3) is 0.300. The number of nitrogens with zero attached hydrogens (tertiary/aromatic N) is 1. The molecule has 4 nitrogen and oxygen atoms in total. The van der Waals surface area contributed by atoms with Gasteiger partial charge in [0.05, 0.1) is 6.04 Å². The maximum Gasteiger partial charge on any atom is 0.261 e. The number of aryl methyl sites for hydroxylation is 1. The molecule has 1 saturated heterocycles. The number of rotatable bonds is 5. The van der Waals surface area contributed by atoms with Gasteiger partial charge in [-0.05, 0) is 31.9 Å². The van der Waals surface area contributed by atoms with Crippen LogP contribution in [0.15, 0.2) is 54.6 Å². The minimum atomic E-state index is -0.374. The molecule has 0 aromatic heterocycles. The minimum absolute atomic E-state index is 0.0109. The summed E-state index contributed by atoms with van der Waals surface area (Å²) >= 11 is 0. The molecular weight excluding hydrogens is 302 g/mol. The van der Waals surface area contributed by atoms with Gasteiger partial charge in [0, 0.05) is 12.1 Å². The van der Waals surface area contributed by atoms with E-state index in [1.54, 1.807) is 17.0 Å². The van der Waals surface area contributed by atoms with Crippen molar-refractivity contribution in [2.45, 2.75) is 25.8 Å². The number of hydrogen-bond donors (Lipinski definition) is 0. The molecule has 0 aliphatic carbocycles. The number of ketones is 1. The topological polar surface area (TPSA) is 46.6 Å². The van der Waals surface area contributed by atoms with Crippen LogP contribution in [0.5, 0.6) is 5.75 Å². The van der Waals surface area contributed by atoms with E-state index in [0.29, 0.717) is 24.3 Å². The van der Waals surface area contributed by atoms with E-state index >= 15 is 0 Å². The first-order chi connectivity index (χ1) is 11.6. The zero-order chi connectivity index (χ0) is 16.9. The number of likely N-dealkylation sites (tertiary alicyclic amines) is 1. The van der Waals surface area contributed by atoms with Crippen molar-refractivity contribution < 1.29 is 14.3 Å². The molecule has 2 aromatic rings. The van der Waals surface area contributed by atoms with Crippen molar-refractivity contribution in [1.82, 2.24) is 4.90 Å². The third-order valence-corrected chi connectivity index (χ3v) is 4.32. The Bertz CT molecular complexity index is 709. The van der Waals surface area contributed by atoms with Gasteiger partial charge in [0.2, 0.25) is 0 Å². The van der Waals surface area contributed by atoms with Crippen LogP contribution < -0.4 is 4.74 Å². The smallest absolute Gasteiger partial charge is 0.261 e. The minimum Gasteiger partial charge on any atom is -0.484 e. The monoisotopic (exact) mass is 323 g/mol. The molecule has 1 atom stereocenters. The van der Waals surface area contributed by atoms with Crippen LogP contribution in [0.1, 0.15) is 28.8 Å². The van der Waals surface area contributed by atoms with E-state index in [0.717, 1.165) is 12.0 Å². The summed E-state index contributed by atoms with van der Waals surface area (Å²) in [6.45, 7) is 2.57. The Labute approximate surface area is 142 Å². The highest BCUT2D eigenvalue weighted by molar-refractivity contribution is 6.02. The predicted molar refractivity (Wildman–Crippen MR) is 92.2 cm³/mol. The number of ether oxygens (including phenoxy) is 1. The molecular formula is C20H21NO3. The Morgan fingerprint density at radius 2 is 1.79 bits per heavy atom. The van der Waals surface area contributed by atoms with Gasteiger partial charge >= 0.3 is 0 Å². The Kier molecular flexibility index (Phi) is 4.94. The maximum absolute atomic E-state index is 12.6. The molecule has 24 heavy (non-hydrogen) atoms. The van der Waals surface area contributed by atoms with Crippen LogP contribution in [-0.4, -0.2) is 35.8 Å². The molecule has 0 saturated carbocycles. The Hall–Kier alpha value is -2.62. The average Bonchev–Trinajstić information content (AvgIpc) is 3.11.